The number of carbonyl (C=O) groups is 2. The van der Waals surface area contributed by atoms with Crippen LogP contribution in [0, 0.1) is 6.92 Å². The fourth-order valence-electron chi connectivity index (χ4n) is 2.88. The quantitative estimate of drug-likeness (QED) is 0.716. The second kappa shape index (κ2) is 6.80. The zero-order chi connectivity index (χ0) is 18.0. The van der Waals surface area contributed by atoms with E-state index in [1.54, 1.807) is 6.07 Å². The van der Waals surface area contributed by atoms with Gasteiger partial charge in [0.1, 0.15) is 6.04 Å². The number of hydrogen-bond acceptors (Lipinski definition) is 5. The predicted molar refractivity (Wildman–Crippen MR) is 89.8 cm³/mol. The Morgan fingerprint density at radius 1 is 1.20 bits per heavy atom. The van der Waals surface area contributed by atoms with Crippen molar-refractivity contribution in [2.45, 2.75) is 25.9 Å². The first-order valence-electron chi connectivity index (χ1n) is 7.94. The predicted octanol–water partition coefficient (Wildman–Crippen LogP) is 0.871. The van der Waals surface area contributed by atoms with E-state index in [1.165, 1.54) is 17.0 Å². The van der Waals surface area contributed by atoms with Gasteiger partial charge in [-0.2, -0.15) is 0 Å². The molecule has 2 aromatic rings. The number of nitrogens with zero attached hydrogens (tertiary/aromatic N) is 2. The summed E-state index contributed by atoms with van der Waals surface area (Å²) in [6.07, 6.45) is 0.233. The van der Waals surface area contributed by atoms with Crippen LogP contribution in [0.15, 0.2) is 36.4 Å². The molecule has 25 heavy (non-hydrogen) atoms. The SMILES string of the molecule is Cc1cccc(CN2C(=O)CNC(=O)C2Cc2ccc(O)c(O)c2)n1. The average molecular weight is 341 g/mol. The van der Waals surface area contributed by atoms with Gasteiger partial charge in [0.15, 0.2) is 11.5 Å². The van der Waals surface area contributed by atoms with E-state index < -0.39 is 6.04 Å². The van der Waals surface area contributed by atoms with E-state index >= 15 is 0 Å². The topological polar surface area (TPSA) is 103 Å². The highest BCUT2D eigenvalue weighted by Gasteiger charge is 2.34. The highest BCUT2D eigenvalue weighted by Crippen LogP contribution is 2.26. The maximum Gasteiger partial charge on any atom is 0.243 e. The molecule has 1 aliphatic rings. The fourth-order valence-corrected chi connectivity index (χ4v) is 2.88. The summed E-state index contributed by atoms with van der Waals surface area (Å²) in [5.74, 6) is -0.920. The Kier molecular flexibility index (Phi) is 4.56. The molecule has 2 amide bonds. The number of amides is 2. The van der Waals surface area contributed by atoms with Gasteiger partial charge in [-0.05, 0) is 36.8 Å². The van der Waals surface area contributed by atoms with Crippen LogP contribution in [0.25, 0.3) is 0 Å². The van der Waals surface area contributed by atoms with Gasteiger partial charge in [0.25, 0.3) is 0 Å². The normalized spacial score (nSPS) is 17.5. The molecule has 1 aromatic heterocycles. The number of rotatable bonds is 4. The molecular formula is C18H19N3O4. The molecule has 0 radical (unpaired) electrons. The van der Waals surface area contributed by atoms with Crippen molar-refractivity contribution in [2.24, 2.45) is 0 Å². The lowest BCUT2D eigenvalue weighted by atomic mass is 10.0. The standard InChI is InChI=1S/C18H19N3O4/c1-11-3-2-4-13(20-11)10-21-14(18(25)19-9-17(21)24)7-12-5-6-15(22)16(23)8-12/h2-6,8,14,22-23H,7,9-10H2,1H3,(H,19,25). The largest absolute Gasteiger partial charge is 0.504 e. The van der Waals surface area contributed by atoms with Crippen LogP contribution < -0.4 is 5.32 Å². The molecule has 1 atom stereocenters. The summed E-state index contributed by atoms with van der Waals surface area (Å²) in [5, 5.41) is 21.6. The molecule has 1 unspecified atom stereocenters. The lowest BCUT2D eigenvalue weighted by Crippen LogP contribution is -2.58. The van der Waals surface area contributed by atoms with Crippen LogP contribution in [0.5, 0.6) is 11.5 Å². The monoisotopic (exact) mass is 341 g/mol. The van der Waals surface area contributed by atoms with Gasteiger partial charge in [0.2, 0.25) is 11.8 Å². The molecule has 7 nitrogen and oxygen atoms in total. The highest BCUT2D eigenvalue weighted by atomic mass is 16.3. The molecule has 0 saturated carbocycles. The fraction of sp³-hybridized carbons (Fsp3) is 0.278. The lowest BCUT2D eigenvalue weighted by molar-refractivity contribution is -0.146. The van der Waals surface area contributed by atoms with Gasteiger partial charge in [0, 0.05) is 12.1 Å². The van der Waals surface area contributed by atoms with Gasteiger partial charge in [-0.3, -0.25) is 14.6 Å². The Hall–Kier alpha value is -3.09. The minimum atomic E-state index is -0.701. The first-order chi connectivity index (χ1) is 11.9. The molecule has 1 aliphatic heterocycles. The summed E-state index contributed by atoms with van der Waals surface area (Å²) in [4.78, 5) is 30.6. The molecule has 1 aromatic carbocycles. The Morgan fingerprint density at radius 2 is 2.00 bits per heavy atom. The van der Waals surface area contributed by atoms with Gasteiger partial charge in [-0.25, -0.2) is 0 Å². The minimum Gasteiger partial charge on any atom is -0.504 e. The summed E-state index contributed by atoms with van der Waals surface area (Å²) in [6, 6.07) is 9.21. The number of phenolic OH excluding ortho intramolecular Hbond substituents is 2. The number of benzene rings is 1. The summed E-state index contributed by atoms with van der Waals surface area (Å²) < 4.78 is 0. The van der Waals surface area contributed by atoms with Crippen LogP contribution in [-0.2, 0) is 22.6 Å². The van der Waals surface area contributed by atoms with E-state index in [0.29, 0.717) is 11.3 Å². The molecule has 2 heterocycles. The molecule has 0 bridgehead atoms. The van der Waals surface area contributed by atoms with Crippen LogP contribution in [0.1, 0.15) is 17.0 Å². The second-order valence-electron chi connectivity index (χ2n) is 6.05. The third kappa shape index (κ3) is 3.71. The number of aromatic nitrogens is 1. The molecule has 0 spiro atoms. The van der Waals surface area contributed by atoms with Gasteiger partial charge in [0.05, 0.1) is 18.8 Å². The van der Waals surface area contributed by atoms with Crippen LogP contribution in [0.2, 0.25) is 0 Å². The van der Waals surface area contributed by atoms with Crippen molar-refractivity contribution < 1.29 is 19.8 Å². The first-order valence-corrected chi connectivity index (χ1v) is 7.94. The molecule has 130 valence electrons. The minimum absolute atomic E-state index is 0.0397. The Bertz CT molecular complexity index is 822. The molecule has 1 saturated heterocycles. The number of hydrogen-bond donors (Lipinski definition) is 3. The van der Waals surface area contributed by atoms with Crippen molar-refractivity contribution in [1.82, 2.24) is 15.2 Å². The average Bonchev–Trinajstić information content (AvgIpc) is 2.57. The van der Waals surface area contributed by atoms with E-state index in [2.05, 4.69) is 10.3 Å². The van der Waals surface area contributed by atoms with Crippen molar-refractivity contribution in [3.63, 3.8) is 0 Å². The summed E-state index contributed by atoms with van der Waals surface area (Å²) in [6.45, 7) is 2.07. The molecule has 1 fully saturated rings. The van der Waals surface area contributed by atoms with E-state index in [-0.39, 0.29) is 42.8 Å². The summed E-state index contributed by atoms with van der Waals surface area (Å²) in [7, 11) is 0. The van der Waals surface area contributed by atoms with E-state index in [4.69, 9.17) is 0 Å². The Labute approximate surface area is 144 Å². The third-order valence-electron chi connectivity index (χ3n) is 4.16. The zero-order valence-electron chi connectivity index (χ0n) is 13.8. The van der Waals surface area contributed by atoms with E-state index in [0.717, 1.165) is 5.69 Å². The van der Waals surface area contributed by atoms with Gasteiger partial charge >= 0.3 is 0 Å². The lowest BCUT2D eigenvalue weighted by Gasteiger charge is -2.35. The number of nitrogens with one attached hydrogen (secondary N) is 1. The van der Waals surface area contributed by atoms with Gasteiger partial charge in [-0.1, -0.05) is 12.1 Å². The second-order valence-corrected chi connectivity index (χ2v) is 6.05. The van der Waals surface area contributed by atoms with Crippen molar-refractivity contribution in [3.8, 4) is 11.5 Å². The number of carbonyl (C=O) groups excluding carboxylic acids is 2. The first kappa shape index (κ1) is 16.8. The number of aromatic hydroxyl groups is 2. The molecule has 3 N–H and O–H groups in total. The highest BCUT2D eigenvalue weighted by molar-refractivity contribution is 5.95. The number of aryl methyl sites for hydroxylation is 1. The molecule has 7 heteroatoms. The van der Waals surface area contributed by atoms with Crippen LogP contribution in [-0.4, -0.2) is 44.5 Å². The molecular weight excluding hydrogens is 322 g/mol. The third-order valence-corrected chi connectivity index (χ3v) is 4.16. The molecule has 3 rings (SSSR count). The van der Waals surface area contributed by atoms with E-state index in [1.807, 2.05) is 25.1 Å². The summed E-state index contributed by atoms with van der Waals surface area (Å²) in [5.41, 5.74) is 2.19. The maximum absolute atomic E-state index is 12.3. The van der Waals surface area contributed by atoms with Crippen LogP contribution >= 0.6 is 0 Å². The van der Waals surface area contributed by atoms with Crippen molar-refractivity contribution in [3.05, 3.63) is 53.3 Å². The van der Waals surface area contributed by atoms with Crippen molar-refractivity contribution in [2.75, 3.05) is 6.54 Å². The number of phenols is 2. The Morgan fingerprint density at radius 3 is 2.72 bits per heavy atom. The van der Waals surface area contributed by atoms with E-state index in [9.17, 15) is 19.8 Å². The summed E-state index contributed by atoms with van der Waals surface area (Å²) >= 11 is 0. The van der Waals surface area contributed by atoms with Gasteiger partial charge in [-0.15, -0.1) is 0 Å². The zero-order valence-corrected chi connectivity index (χ0v) is 13.8. The Balaban J connectivity index is 1.85. The van der Waals surface area contributed by atoms with Gasteiger partial charge < -0.3 is 20.4 Å². The van der Waals surface area contributed by atoms with Crippen molar-refractivity contribution in [1.29, 1.82) is 0 Å². The number of pyridine rings is 1. The smallest absolute Gasteiger partial charge is 0.243 e. The maximum atomic E-state index is 12.3. The molecule has 0 aliphatic carbocycles. The number of piperazine rings is 1. The van der Waals surface area contributed by atoms with Crippen LogP contribution in [0.4, 0.5) is 0 Å². The van der Waals surface area contributed by atoms with Crippen LogP contribution in [0.3, 0.4) is 0 Å². The van der Waals surface area contributed by atoms with Crippen molar-refractivity contribution >= 4 is 11.8 Å².